The summed E-state index contributed by atoms with van der Waals surface area (Å²) in [6.45, 7) is 14.5. The number of hydrogen-bond donors (Lipinski definition) is 0. The van der Waals surface area contributed by atoms with Crippen LogP contribution in [0.1, 0.15) is 55.9 Å². The second-order valence-corrected chi connectivity index (χ2v) is 19.8. The van der Waals surface area contributed by atoms with Gasteiger partial charge in [-0.15, -0.1) is 0 Å². The van der Waals surface area contributed by atoms with Crippen molar-refractivity contribution in [1.29, 1.82) is 0 Å². The van der Waals surface area contributed by atoms with Crippen LogP contribution in [0.25, 0.3) is 0 Å². The average molecular weight is 727 g/mol. The van der Waals surface area contributed by atoms with Crippen LogP contribution >= 0.6 is 0 Å². The van der Waals surface area contributed by atoms with Gasteiger partial charge in [-0.2, -0.15) is 0 Å². The molecule has 4 aromatic rings. The molecule has 1 aliphatic rings. The Labute approximate surface area is 312 Å². The number of unbranched alkanes of at least 4 members (excludes halogenated alkanes) is 1. The molecule has 52 heavy (non-hydrogen) atoms. The molecule has 5 rings (SSSR count). The van der Waals surface area contributed by atoms with Crippen LogP contribution in [0.4, 0.5) is 0 Å². The summed E-state index contributed by atoms with van der Waals surface area (Å²) in [4.78, 5) is 0. The van der Waals surface area contributed by atoms with Gasteiger partial charge >= 0.3 is 0 Å². The number of hydrogen-bond acceptors (Lipinski definition) is 7. The third kappa shape index (κ3) is 12.5. The fraction of sp³-hybridized carbons (Fsp3) is 0.455. The Hall–Kier alpha value is -3.18. The molecule has 0 spiro atoms. The lowest BCUT2D eigenvalue weighted by atomic mass is 9.97. The van der Waals surface area contributed by atoms with E-state index in [1.165, 1.54) is 0 Å². The molecule has 0 unspecified atom stereocenters. The molecule has 0 N–H and O–H groups in total. The summed E-state index contributed by atoms with van der Waals surface area (Å²) in [5.74, 6) is 0. The first-order chi connectivity index (χ1) is 25.2. The Kier molecular flexibility index (Phi) is 15.6. The second kappa shape index (κ2) is 20.3. The first-order valence-electron chi connectivity index (χ1n) is 18.7. The van der Waals surface area contributed by atoms with Crippen molar-refractivity contribution in [3.8, 4) is 0 Å². The van der Waals surface area contributed by atoms with E-state index in [9.17, 15) is 0 Å². The van der Waals surface area contributed by atoms with Crippen LogP contribution in [0.2, 0.25) is 18.1 Å². The van der Waals surface area contributed by atoms with Crippen molar-refractivity contribution < 1.29 is 32.8 Å². The van der Waals surface area contributed by atoms with E-state index in [2.05, 4.69) is 82.4 Å². The van der Waals surface area contributed by atoms with E-state index in [0.29, 0.717) is 46.2 Å². The van der Waals surface area contributed by atoms with Gasteiger partial charge in [0.2, 0.25) is 0 Å². The molecule has 0 amide bonds. The minimum atomic E-state index is -1.81. The predicted molar refractivity (Wildman–Crippen MR) is 208 cm³/mol. The zero-order valence-electron chi connectivity index (χ0n) is 31.7. The van der Waals surface area contributed by atoms with Gasteiger partial charge in [-0.05, 0) is 53.2 Å². The fourth-order valence-electron chi connectivity index (χ4n) is 5.83. The normalized spacial score (nSPS) is 20.9. The molecule has 0 aromatic heterocycles. The van der Waals surface area contributed by atoms with Gasteiger partial charge in [0, 0.05) is 13.2 Å². The van der Waals surface area contributed by atoms with E-state index in [0.717, 1.165) is 35.1 Å². The summed E-state index contributed by atoms with van der Waals surface area (Å²) in [5, 5.41) is 0.175. The van der Waals surface area contributed by atoms with E-state index < -0.39 is 39.0 Å². The molecule has 0 radical (unpaired) electrons. The zero-order valence-corrected chi connectivity index (χ0v) is 32.7. The Bertz CT molecular complexity index is 1530. The highest BCUT2D eigenvalue weighted by Gasteiger charge is 2.49. The quantitative estimate of drug-likeness (QED) is 0.0664. The van der Waals surface area contributed by atoms with Gasteiger partial charge in [0.1, 0.15) is 24.4 Å². The minimum absolute atomic E-state index is 0.175. The summed E-state index contributed by atoms with van der Waals surface area (Å²) in [5.41, 5.74) is 4.27. The lowest BCUT2D eigenvalue weighted by Gasteiger charge is -2.46. The van der Waals surface area contributed by atoms with Crippen LogP contribution in [0.15, 0.2) is 121 Å². The highest BCUT2D eigenvalue weighted by atomic mass is 28.4. The maximum atomic E-state index is 6.83. The Morgan fingerprint density at radius 2 is 0.942 bits per heavy atom. The van der Waals surface area contributed by atoms with Gasteiger partial charge in [-0.3, -0.25) is 0 Å². The van der Waals surface area contributed by atoms with E-state index in [1.807, 2.05) is 72.8 Å². The van der Waals surface area contributed by atoms with Crippen molar-refractivity contribution in [3.63, 3.8) is 0 Å². The molecular weight excluding hydrogens is 669 g/mol. The first-order valence-corrected chi connectivity index (χ1v) is 21.6. The SMILES string of the molecule is CC(C)(C)[Si](C)(C)OCCCCO[C@@H]1O[C@H](COCc2ccccc2)[C@H](OCc2ccccc2)[C@H](OCc2ccccc2)[C@H]1OCc1ccccc1. The van der Waals surface area contributed by atoms with Gasteiger partial charge in [-0.1, -0.05) is 142 Å². The van der Waals surface area contributed by atoms with E-state index in [4.69, 9.17) is 32.8 Å². The van der Waals surface area contributed by atoms with Crippen LogP contribution in [0, 0.1) is 0 Å². The van der Waals surface area contributed by atoms with Crippen molar-refractivity contribution in [3.05, 3.63) is 144 Å². The molecule has 0 bridgehead atoms. The van der Waals surface area contributed by atoms with Crippen molar-refractivity contribution in [2.75, 3.05) is 19.8 Å². The van der Waals surface area contributed by atoms with Crippen LogP contribution in [-0.2, 0) is 59.3 Å². The summed E-state index contributed by atoms with van der Waals surface area (Å²) in [6.07, 6.45) is -1.03. The molecule has 5 atom stereocenters. The third-order valence-electron chi connectivity index (χ3n) is 9.93. The molecule has 280 valence electrons. The Balaban J connectivity index is 1.37. The number of rotatable bonds is 20. The van der Waals surface area contributed by atoms with E-state index in [1.54, 1.807) is 0 Å². The summed E-state index contributed by atoms with van der Waals surface area (Å²) in [6, 6.07) is 40.7. The van der Waals surface area contributed by atoms with Crippen molar-refractivity contribution in [2.45, 2.75) is 109 Å². The minimum Gasteiger partial charge on any atom is -0.417 e. The maximum Gasteiger partial charge on any atom is 0.191 e. The smallest absolute Gasteiger partial charge is 0.191 e. The highest BCUT2D eigenvalue weighted by Crippen LogP contribution is 2.37. The molecular formula is C44H58O7Si. The standard InChI is InChI=1S/C44H58O7Si/c1-44(2,3)52(4,5)50-29-19-18-28-46-43-42(49-33-38-26-16-9-17-27-38)41(48-32-37-24-14-8-15-25-37)40(47-31-36-22-12-7-13-23-36)39(51-43)34-45-30-35-20-10-6-11-21-35/h6-17,20-27,39-43H,18-19,28-34H2,1-5H3/t39-,40+,41+,42-,43-/m1/s1. The number of benzene rings is 4. The Morgan fingerprint density at radius 3 is 1.42 bits per heavy atom. The molecule has 1 saturated heterocycles. The third-order valence-corrected chi connectivity index (χ3v) is 14.5. The van der Waals surface area contributed by atoms with Gasteiger partial charge in [0.05, 0.1) is 33.0 Å². The van der Waals surface area contributed by atoms with Crippen molar-refractivity contribution in [2.24, 2.45) is 0 Å². The van der Waals surface area contributed by atoms with E-state index >= 15 is 0 Å². The van der Waals surface area contributed by atoms with Crippen LogP contribution < -0.4 is 0 Å². The topological polar surface area (TPSA) is 64.6 Å². The molecule has 0 aliphatic carbocycles. The highest BCUT2D eigenvalue weighted by molar-refractivity contribution is 6.74. The summed E-state index contributed by atoms with van der Waals surface area (Å²) in [7, 11) is -1.81. The van der Waals surface area contributed by atoms with Gasteiger partial charge in [0.15, 0.2) is 14.6 Å². The predicted octanol–water partition coefficient (Wildman–Crippen LogP) is 9.50. The average Bonchev–Trinajstić information content (AvgIpc) is 3.15. The summed E-state index contributed by atoms with van der Waals surface area (Å²) >= 11 is 0. The molecule has 1 aliphatic heterocycles. The monoisotopic (exact) mass is 726 g/mol. The molecule has 1 fully saturated rings. The van der Waals surface area contributed by atoms with Crippen LogP contribution in [0.3, 0.4) is 0 Å². The molecule has 0 saturated carbocycles. The maximum absolute atomic E-state index is 6.83. The first kappa shape index (κ1) is 40.0. The largest absolute Gasteiger partial charge is 0.417 e. The molecule has 4 aromatic carbocycles. The van der Waals surface area contributed by atoms with E-state index in [-0.39, 0.29) is 5.04 Å². The van der Waals surface area contributed by atoms with Crippen molar-refractivity contribution in [1.82, 2.24) is 0 Å². The molecule has 1 heterocycles. The van der Waals surface area contributed by atoms with Gasteiger partial charge in [0.25, 0.3) is 0 Å². The molecule has 8 heteroatoms. The van der Waals surface area contributed by atoms with Gasteiger partial charge in [-0.25, -0.2) is 0 Å². The number of ether oxygens (including phenoxy) is 6. The lowest BCUT2D eigenvalue weighted by Crippen LogP contribution is -2.61. The van der Waals surface area contributed by atoms with Crippen molar-refractivity contribution >= 4 is 8.32 Å². The summed E-state index contributed by atoms with van der Waals surface area (Å²) < 4.78 is 46.5. The second-order valence-electron chi connectivity index (χ2n) is 15.0. The molecule has 7 nitrogen and oxygen atoms in total. The van der Waals surface area contributed by atoms with Crippen LogP contribution in [0.5, 0.6) is 0 Å². The Morgan fingerprint density at radius 1 is 0.519 bits per heavy atom. The lowest BCUT2D eigenvalue weighted by molar-refractivity contribution is -0.328. The zero-order chi connectivity index (χ0) is 36.7. The van der Waals surface area contributed by atoms with Gasteiger partial charge < -0.3 is 32.8 Å². The fourth-order valence-corrected chi connectivity index (χ4v) is 6.92. The van der Waals surface area contributed by atoms with Crippen LogP contribution in [-0.4, -0.2) is 58.8 Å².